The lowest BCUT2D eigenvalue weighted by Crippen LogP contribution is -2.33. The molecule has 0 bridgehead atoms. The van der Waals surface area contributed by atoms with E-state index in [0.717, 1.165) is 0 Å². The summed E-state index contributed by atoms with van der Waals surface area (Å²) in [4.78, 5) is 0. The minimum absolute atomic E-state index is 0.137. The summed E-state index contributed by atoms with van der Waals surface area (Å²) in [6.45, 7) is 0.175. The maximum Gasteiger partial charge on any atom is 0.249 e. The SMILES string of the molecule is NCC1(c2ccc(F)cc2)CCC(F)(F)C1. The first-order chi connectivity index (χ1) is 7.47. The van der Waals surface area contributed by atoms with Crippen LogP contribution in [-0.2, 0) is 5.41 Å². The van der Waals surface area contributed by atoms with Crippen LogP contribution in [0, 0.1) is 5.82 Å². The number of hydrogen-bond acceptors (Lipinski definition) is 1. The molecule has 1 unspecified atom stereocenters. The van der Waals surface area contributed by atoms with Crippen LogP contribution in [0.15, 0.2) is 24.3 Å². The number of nitrogens with two attached hydrogens (primary N) is 1. The van der Waals surface area contributed by atoms with Crippen LogP contribution in [0.2, 0.25) is 0 Å². The van der Waals surface area contributed by atoms with Gasteiger partial charge in [-0.3, -0.25) is 0 Å². The lowest BCUT2D eigenvalue weighted by molar-refractivity contribution is 0.00302. The molecule has 0 amide bonds. The Balaban J connectivity index is 2.33. The summed E-state index contributed by atoms with van der Waals surface area (Å²) in [6.07, 6.45) is -0.00809. The molecule has 1 fully saturated rings. The van der Waals surface area contributed by atoms with E-state index in [1.54, 1.807) is 12.1 Å². The minimum Gasteiger partial charge on any atom is -0.330 e. The molecule has 1 aromatic carbocycles. The molecule has 0 saturated heterocycles. The van der Waals surface area contributed by atoms with E-state index >= 15 is 0 Å². The Hall–Kier alpha value is -1.03. The lowest BCUT2D eigenvalue weighted by atomic mass is 9.79. The third kappa shape index (κ3) is 1.94. The Kier molecular flexibility index (Phi) is 2.70. The highest BCUT2D eigenvalue weighted by Gasteiger charge is 2.49. The second-order valence-electron chi connectivity index (χ2n) is 4.52. The van der Waals surface area contributed by atoms with Crippen LogP contribution < -0.4 is 5.73 Å². The molecule has 0 heterocycles. The van der Waals surface area contributed by atoms with E-state index in [0.29, 0.717) is 12.0 Å². The first-order valence-corrected chi connectivity index (χ1v) is 5.31. The van der Waals surface area contributed by atoms with E-state index in [9.17, 15) is 13.2 Å². The van der Waals surface area contributed by atoms with E-state index in [1.807, 2.05) is 0 Å². The summed E-state index contributed by atoms with van der Waals surface area (Å²) in [5, 5.41) is 0. The summed E-state index contributed by atoms with van der Waals surface area (Å²) >= 11 is 0. The number of halogens is 3. The zero-order valence-electron chi connectivity index (χ0n) is 8.85. The van der Waals surface area contributed by atoms with Crippen LogP contribution >= 0.6 is 0 Å². The second kappa shape index (κ2) is 3.77. The van der Waals surface area contributed by atoms with Gasteiger partial charge in [0, 0.05) is 24.8 Å². The number of hydrogen-bond donors (Lipinski definition) is 1. The van der Waals surface area contributed by atoms with Gasteiger partial charge in [-0.15, -0.1) is 0 Å². The Labute approximate surface area is 92.5 Å². The van der Waals surface area contributed by atoms with Crippen molar-refractivity contribution < 1.29 is 13.2 Å². The fourth-order valence-electron chi connectivity index (χ4n) is 2.44. The van der Waals surface area contributed by atoms with E-state index in [-0.39, 0.29) is 25.2 Å². The monoisotopic (exact) mass is 229 g/mol. The number of rotatable bonds is 2. The molecule has 0 aliphatic heterocycles. The molecule has 1 saturated carbocycles. The lowest BCUT2D eigenvalue weighted by Gasteiger charge is -2.28. The predicted octanol–water partition coefficient (Wildman–Crippen LogP) is 2.84. The average molecular weight is 229 g/mol. The topological polar surface area (TPSA) is 26.0 Å². The van der Waals surface area contributed by atoms with Crippen molar-refractivity contribution in [2.75, 3.05) is 6.54 Å². The molecule has 0 radical (unpaired) electrons. The van der Waals surface area contributed by atoms with Crippen molar-refractivity contribution in [3.05, 3.63) is 35.6 Å². The molecule has 4 heteroatoms. The molecule has 1 aliphatic carbocycles. The van der Waals surface area contributed by atoms with Gasteiger partial charge in [-0.25, -0.2) is 13.2 Å². The fourth-order valence-corrected chi connectivity index (χ4v) is 2.44. The minimum atomic E-state index is -2.65. The quantitative estimate of drug-likeness (QED) is 0.829. The van der Waals surface area contributed by atoms with Crippen LogP contribution in [0.3, 0.4) is 0 Å². The van der Waals surface area contributed by atoms with Crippen LogP contribution in [0.5, 0.6) is 0 Å². The van der Waals surface area contributed by atoms with E-state index in [1.165, 1.54) is 12.1 Å². The van der Waals surface area contributed by atoms with Crippen molar-refractivity contribution in [2.45, 2.75) is 30.6 Å². The van der Waals surface area contributed by atoms with Gasteiger partial charge in [-0.1, -0.05) is 12.1 Å². The third-order valence-corrected chi connectivity index (χ3v) is 3.41. The molecule has 1 atom stereocenters. The molecule has 0 aromatic heterocycles. The molecule has 1 nitrogen and oxygen atoms in total. The molecule has 16 heavy (non-hydrogen) atoms. The Morgan fingerprint density at radius 3 is 2.19 bits per heavy atom. The molecule has 88 valence electrons. The maximum absolute atomic E-state index is 13.3. The Bertz CT molecular complexity index is 374. The molecule has 1 aromatic rings. The summed E-state index contributed by atoms with van der Waals surface area (Å²) < 4.78 is 39.3. The number of alkyl halides is 2. The van der Waals surface area contributed by atoms with Gasteiger partial charge in [-0.2, -0.15) is 0 Å². The standard InChI is InChI=1S/C12H14F3N/c13-10-3-1-9(2-4-10)11(8-16)5-6-12(14,15)7-11/h1-4H,5-8,16H2. The molecule has 1 aliphatic rings. The first kappa shape index (κ1) is 11.5. The smallest absolute Gasteiger partial charge is 0.249 e. The molecule has 2 rings (SSSR count). The van der Waals surface area contributed by atoms with Crippen molar-refractivity contribution >= 4 is 0 Å². The zero-order chi connectivity index (χ0) is 11.8. The fraction of sp³-hybridized carbons (Fsp3) is 0.500. The Morgan fingerprint density at radius 1 is 1.12 bits per heavy atom. The molecular weight excluding hydrogens is 215 g/mol. The summed E-state index contributed by atoms with van der Waals surface area (Å²) in [5.41, 5.74) is 5.67. The van der Waals surface area contributed by atoms with Crippen LogP contribution in [0.25, 0.3) is 0 Å². The van der Waals surface area contributed by atoms with E-state index < -0.39 is 11.3 Å². The largest absolute Gasteiger partial charge is 0.330 e. The first-order valence-electron chi connectivity index (χ1n) is 5.31. The van der Waals surface area contributed by atoms with E-state index in [4.69, 9.17) is 5.73 Å². The van der Waals surface area contributed by atoms with Crippen molar-refractivity contribution in [1.82, 2.24) is 0 Å². The maximum atomic E-state index is 13.3. The Morgan fingerprint density at radius 2 is 1.75 bits per heavy atom. The van der Waals surface area contributed by atoms with Gasteiger partial charge < -0.3 is 5.73 Å². The van der Waals surface area contributed by atoms with Crippen LogP contribution in [0.1, 0.15) is 24.8 Å². The molecule has 2 N–H and O–H groups in total. The van der Waals surface area contributed by atoms with Gasteiger partial charge in [0.2, 0.25) is 5.92 Å². The van der Waals surface area contributed by atoms with Gasteiger partial charge in [0.25, 0.3) is 0 Å². The van der Waals surface area contributed by atoms with Crippen molar-refractivity contribution in [3.63, 3.8) is 0 Å². The van der Waals surface area contributed by atoms with Gasteiger partial charge in [0.15, 0.2) is 0 Å². The van der Waals surface area contributed by atoms with Gasteiger partial charge in [0.05, 0.1) is 0 Å². The number of benzene rings is 1. The molecular formula is C12H14F3N. The second-order valence-corrected chi connectivity index (χ2v) is 4.52. The average Bonchev–Trinajstić information content (AvgIpc) is 2.57. The summed E-state index contributed by atoms with van der Waals surface area (Å²) in [7, 11) is 0. The van der Waals surface area contributed by atoms with Crippen molar-refractivity contribution in [3.8, 4) is 0 Å². The highest BCUT2D eigenvalue weighted by Crippen LogP contribution is 2.48. The normalized spacial score (nSPS) is 28.2. The van der Waals surface area contributed by atoms with Gasteiger partial charge in [0.1, 0.15) is 5.82 Å². The predicted molar refractivity (Wildman–Crippen MR) is 55.9 cm³/mol. The third-order valence-electron chi connectivity index (χ3n) is 3.41. The van der Waals surface area contributed by atoms with Gasteiger partial charge in [-0.05, 0) is 24.1 Å². The van der Waals surface area contributed by atoms with E-state index in [2.05, 4.69) is 0 Å². The summed E-state index contributed by atoms with van der Waals surface area (Å²) in [6, 6.07) is 5.71. The zero-order valence-corrected chi connectivity index (χ0v) is 8.85. The highest BCUT2D eigenvalue weighted by atomic mass is 19.3. The molecule has 0 spiro atoms. The van der Waals surface area contributed by atoms with Crippen molar-refractivity contribution in [1.29, 1.82) is 0 Å². The van der Waals surface area contributed by atoms with Crippen LogP contribution in [0.4, 0.5) is 13.2 Å². The summed E-state index contributed by atoms with van der Waals surface area (Å²) in [5.74, 6) is -3.01. The highest BCUT2D eigenvalue weighted by molar-refractivity contribution is 5.28. The van der Waals surface area contributed by atoms with Crippen LogP contribution in [-0.4, -0.2) is 12.5 Å². The van der Waals surface area contributed by atoms with Crippen molar-refractivity contribution in [2.24, 2.45) is 5.73 Å². The van der Waals surface area contributed by atoms with Gasteiger partial charge >= 0.3 is 0 Å².